The van der Waals surface area contributed by atoms with E-state index in [-0.39, 0.29) is 5.56 Å². The van der Waals surface area contributed by atoms with Crippen LogP contribution >= 0.6 is 11.6 Å². The Morgan fingerprint density at radius 3 is 2.72 bits per heavy atom. The van der Waals surface area contributed by atoms with Crippen molar-refractivity contribution in [2.45, 2.75) is 0 Å². The summed E-state index contributed by atoms with van der Waals surface area (Å²) in [6.45, 7) is 0. The van der Waals surface area contributed by atoms with Gasteiger partial charge in [0.25, 0.3) is 5.56 Å². The van der Waals surface area contributed by atoms with Crippen LogP contribution in [0.2, 0.25) is 5.02 Å². The summed E-state index contributed by atoms with van der Waals surface area (Å²) in [6.07, 6.45) is 1.12. The maximum atomic E-state index is 11.5. The van der Waals surface area contributed by atoms with Gasteiger partial charge in [-0.3, -0.25) is 15.2 Å². The highest BCUT2D eigenvalue weighted by Crippen LogP contribution is 2.19. The molecule has 2 rings (SSSR count). The molecule has 2 N–H and O–H groups in total. The summed E-state index contributed by atoms with van der Waals surface area (Å²) in [4.78, 5) is 24.7. The molecule has 18 heavy (non-hydrogen) atoms. The molecule has 90 valence electrons. The Morgan fingerprint density at radius 2 is 2.06 bits per heavy atom. The second-order valence-electron chi connectivity index (χ2n) is 3.38. The molecule has 0 amide bonds. The van der Waals surface area contributed by atoms with Gasteiger partial charge < -0.3 is 0 Å². The largest absolute Gasteiger partial charge is 0.347 e. The van der Waals surface area contributed by atoms with Crippen molar-refractivity contribution in [3.63, 3.8) is 0 Å². The average Bonchev–Trinajstić information content (AvgIpc) is 2.35. The van der Waals surface area contributed by atoms with Crippen LogP contribution in [0.3, 0.4) is 0 Å². The van der Waals surface area contributed by atoms with Crippen molar-refractivity contribution in [3.05, 3.63) is 61.9 Å². The zero-order chi connectivity index (χ0) is 13.1. The quantitative estimate of drug-likeness (QED) is 0.843. The Balaban J connectivity index is 2.48. The number of para-hydroxylation sites is 1. The molecule has 0 spiro atoms. The third-order valence-corrected chi connectivity index (χ3v) is 2.51. The zero-order valence-electron chi connectivity index (χ0n) is 8.98. The Labute approximate surface area is 106 Å². The number of H-pyrrole nitrogens is 1. The minimum absolute atomic E-state index is 0.172. The molecular weight excluding hydrogens is 256 g/mol. The smallest absolute Gasteiger partial charge is 0.289 e. The second-order valence-corrected chi connectivity index (χ2v) is 3.78. The van der Waals surface area contributed by atoms with Crippen molar-refractivity contribution in [2.24, 2.45) is 0 Å². The van der Waals surface area contributed by atoms with Crippen molar-refractivity contribution in [2.75, 3.05) is 5.43 Å². The van der Waals surface area contributed by atoms with Gasteiger partial charge >= 0.3 is 5.69 Å². The number of hydrogen-bond donors (Lipinski definition) is 2. The van der Waals surface area contributed by atoms with Gasteiger partial charge in [0.05, 0.1) is 16.9 Å². The fourth-order valence-electron chi connectivity index (χ4n) is 1.32. The van der Waals surface area contributed by atoms with Crippen molar-refractivity contribution in [3.8, 4) is 6.07 Å². The molecule has 1 heterocycles. The number of benzene rings is 1. The fraction of sp³-hybridized carbons (Fsp3) is 0. The van der Waals surface area contributed by atoms with E-state index in [9.17, 15) is 9.59 Å². The average molecular weight is 263 g/mol. The molecule has 1 aromatic carbocycles. The second kappa shape index (κ2) is 4.77. The molecule has 0 saturated heterocycles. The standard InChI is InChI=1S/C11H7ClN4O2/c12-8-3-1-2-4-9(8)15-16-6-7(5-13)10(17)14-11(16)18/h1-4,6,15H,(H,14,17,18). The highest BCUT2D eigenvalue weighted by atomic mass is 35.5. The van der Waals surface area contributed by atoms with Gasteiger partial charge in [0.15, 0.2) is 0 Å². The maximum absolute atomic E-state index is 11.5. The van der Waals surface area contributed by atoms with Crippen LogP contribution in [0.4, 0.5) is 5.69 Å². The van der Waals surface area contributed by atoms with Crippen molar-refractivity contribution in [1.82, 2.24) is 9.66 Å². The van der Waals surface area contributed by atoms with Crippen molar-refractivity contribution < 1.29 is 0 Å². The number of halogens is 1. The number of aromatic nitrogens is 2. The molecule has 6 nitrogen and oxygen atoms in total. The van der Waals surface area contributed by atoms with Crippen LogP contribution in [0, 0.1) is 11.3 Å². The van der Waals surface area contributed by atoms with E-state index >= 15 is 0 Å². The van der Waals surface area contributed by atoms with E-state index in [1.165, 1.54) is 0 Å². The van der Waals surface area contributed by atoms with E-state index in [4.69, 9.17) is 16.9 Å². The van der Waals surface area contributed by atoms with Crippen LogP contribution in [0.25, 0.3) is 0 Å². The summed E-state index contributed by atoms with van der Waals surface area (Å²) in [6, 6.07) is 8.46. The predicted octanol–water partition coefficient (Wildman–Crippen LogP) is 0.937. The van der Waals surface area contributed by atoms with E-state index in [1.807, 2.05) is 4.98 Å². The molecule has 0 radical (unpaired) electrons. The van der Waals surface area contributed by atoms with Crippen molar-refractivity contribution >= 4 is 17.3 Å². The molecular formula is C11H7ClN4O2. The van der Waals surface area contributed by atoms with Gasteiger partial charge in [0.1, 0.15) is 11.6 Å². The first kappa shape index (κ1) is 12.0. The van der Waals surface area contributed by atoms with Crippen LogP contribution < -0.4 is 16.7 Å². The Kier molecular flexibility index (Phi) is 3.17. The van der Waals surface area contributed by atoms with Gasteiger partial charge in [-0.05, 0) is 12.1 Å². The number of nitrogens with one attached hydrogen (secondary N) is 2. The van der Waals surface area contributed by atoms with E-state index in [0.717, 1.165) is 10.9 Å². The number of rotatable bonds is 2. The minimum Gasteiger partial charge on any atom is -0.289 e. The van der Waals surface area contributed by atoms with Crippen LogP contribution in [0.15, 0.2) is 40.1 Å². The fourth-order valence-corrected chi connectivity index (χ4v) is 1.49. The molecule has 2 aromatic rings. The minimum atomic E-state index is -0.722. The molecule has 0 saturated carbocycles. The Hall–Kier alpha value is -2.52. The van der Waals surface area contributed by atoms with Gasteiger partial charge in [0, 0.05) is 0 Å². The lowest BCUT2D eigenvalue weighted by Gasteiger charge is -2.09. The van der Waals surface area contributed by atoms with Gasteiger partial charge in [-0.2, -0.15) is 5.26 Å². The Morgan fingerprint density at radius 1 is 1.33 bits per heavy atom. The van der Waals surface area contributed by atoms with E-state index in [0.29, 0.717) is 10.7 Å². The van der Waals surface area contributed by atoms with Gasteiger partial charge in [-0.25, -0.2) is 9.47 Å². The Bertz CT molecular complexity index is 742. The molecule has 0 unspecified atom stereocenters. The molecule has 0 bridgehead atoms. The zero-order valence-corrected chi connectivity index (χ0v) is 9.73. The summed E-state index contributed by atoms with van der Waals surface area (Å²) in [7, 11) is 0. The third-order valence-electron chi connectivity index (χ3n) is 2.18. The van der Waals surface area contributed by atoms with E-state index in [1.54, 1.807) is 30.3 Å². The molecule has 0 aliphatic heterocycles. The highest BCUT2D eigenvalue weighted by molar-refractivity contribution is 6.33. The molecule has 0 aliphatic carbocycles. The van der Waals surface area contributed by atoms with Crippen LogP contribution in [-0.4, -0.2) is 9.66 Å². The first-order valence-corrected chi connectivity index (χ1v) is 5.27. The maximum Gasteiger partial charge on any atom is 0.347 e. The predicted molar refractivity (Wildman–Crippen MR) is 66.5 cm³/mol. The summed E-state index contributed by atoms with van der Waals surface area (Å²) in [5.41, 5.74) is 1.60. The molecule has 0 aliphatic rings. The lowest BCUT2D eigenvalue weighted by Crippen LogP contribution is -2.34. The first-order valence-electron chi connectivity index (χ1n) is 4.89. The molecule has 7 heteroatoms. The van der Waals surface area contributed by atoms with Crippen LogP contribution in [-0.2, 0) is 0 Å². The third kappa shape index (κ3) is 2.26. The van der Waals surface area contributed by atoms with E-state index < -0.39 is 11.2 Å². The lowest BCUT2D eigenvalue weighted by molar-refractivity contribution is 0.826. The number of nitriles is 1. The van der Waals surface area contributed by atoms with Crippen molar-refractivity contribution in [1.29, 1.82) is 5.26 Å². The summed E-state index contributed by atoms with van der Waals surface area (Å²) in [5, 5.41) is 9.13. The van der Waals surface area contributed by atoms with Crippen LogP contribution in [0.5, 0.6) is 0 Å². The van der Waals surface area contributed by atoms with Gasteiger partial charge in [-0.15, -0.1) is 0 Å². The lowest BCUT2D eigenvalue weighted by atomic mass is 10.3. The van der Waals surface area contributed by atoms with Gasteiger partial charge in [0.2, 0.25) is 0 Å². The normalized spacial score (nSPS) is 9.78. The van der Waals surface area contributed by atoms with Crippen LogP contribution in [0.1, 0.15) is 5.56 Å². The monoisotopic (exact) mass is 262 g/mol. The van der Waals surface area contributed by atoms with Gasteiger partial charge in [-0.1, -0.05) is 23.7 Å². The molecule has 0 fully saturated rings. The SMILES string of the molecule is N#Cc1cn(Nc2ccccc2Cl)c(=O)[nH]c1=O. The number of anilines is 1. The highest BCUT2D eigenvalue weighted by Gasteiger charge is 2.05. The summed E-state index contributed by atoms with van der Waals surface area (Å²) >= 11 is 5.92. The summed E-state index contributed by atoms with van der Waals surface area (Å²) < 4.78 is 0.987. The van der Waals surface area contributed by atoms with E-state index in [2.05, 4.69) is 5.43 Å². The first-order chi connectivity index (χ1) is 8.61. The molecule has 1 aromatic heterocycles. The topological polar surface area (TPSA) is 90.7 Å². The number of nitrogens with zero attached hydrogens (tertiary/aromatic N) is 2. The summed E-state index contributed by atoms with van der Waals surface area (Å²) in [5.74, 6) is 0. The number of aromatic amines is 1. The molecule has 0 atom stereocenters. The number of hydrogen-bond acceptors (Lipinski definition) is 4.